The number of hydrogen-bond acceptors (Lipinski definition) is 5. The minimum absolute atomic E-state index is 0.160. The first-order valence-corrected chi connectivity index (χ1v) is 9.98. The van der Waals surface area contributed by atoms with Gasteiger partial charge >= 0.3 is 21.6 Å². The van der Waals surface area contributed by atoms with E-state index in [9.17, 15) is 26.4 Å². The fourth-order valence-electron chi connectivity index (χ4n) is 2.90. The van der Waals surface area contributed by atoms with Gasteiger partial charge in [0.15, 0.2) is 0 Å². The average Bonchev–Trinajstić information content (AvgIpc) is 3.28. The van der Waals surface area contributed by atoms with Crippen LogP contribution < -0.4 is 4.18 Å². The van der Waals surface area contributed by atoms with Gasteiger partial charge in [-0.15, -0.1) is 0 Å². The zero-order valence-electron chi connectivity index (χ0n) is 15.8. The summed E-state index contributed by atoms with van der Waals surface area (Å²) in [6.45, 7) is 5.82. The van der Waals surface area contributed by atoms with Crippen LogP contribution >= 0.6 is 0 Å². The Morgan fingerprint density at radius 1 is 1.11 bits per heavy atom. The molecular formula is C18H22F4O5S. The van der Waals surface area contributed by atoms with Gasteiger partial charge in [-0.25, -0.2) is 9.18 Å². The lowest BCUT2D eigenvalue weighted by Gasteiger charge is -2.32. The summed E-state index contributed by atoms with van der Waals surface area (Å²) >= 11 is 0. The van der Waals surface area contributed by atoms with Gasteiger partial charge in [0.05, 0.1) is 0 Å². The molecule has 1 aliphatic rings. The molecule has 0 bridgehead atoms. The third-order valence-corrected chi connectivity index (χ3v) is 5.16. The molecule has 1 aromatic carbocycles. The van der Waals surface area contributed by atoms with Crippen molar-refractivity contribution in [2.24, 2.45) is 5.92 Å². The number of carbonyl (C=O) groups excluding carboxylic acids is 1. The van der Waals surface area contributed by atoms with Crippen molar-refractivity contribution < 1.29 is 39.7 Å². The largest absolute Gasteiger partial charge is 0.534 e. The Hall–Kier alpha value is -1.84. The van der Waals surface area contributed by atoms with Crippen molar-refractivity contribution in [2.45, 2.75) is 63.2 Å². The van der Waals surface area contributed by atoms with Gasteiger partial charge in [-0.05, 0) is 64.2 Å². The molecule has 1 saturated carbocycles. The number of alkyl halides is 4. The molecule has 0 amide bonds. The average molecular weight is 426 g/mol. The Bertz CT molecular complexity index is 836. The highest BCUT2D eigenvalue weighted by molar-refractivity contribution is 7.88. The van der Waals surface area contributed by atoms with Crippen LogP contribution in [0.25, 0.3) is 0 Å². The molecule has 28 heavy (non-hydrogen) atoms. The fraction of sp³-hybridized carbons (Fsp3) is 0.611. The SMILES string of the molecule is CC(C)(C)OC(=O)[C@](C)(F)[C@H](c1cccc(OS(=O)(=O)C(F)(F)F)c1)C1CC1. The summed E-state index contributed by atoms with van der Waals surface area (Å²) in [7, 11) is -5.86. The van der Waals surface area contributed by atoms with Crippen LogP contribution in [0.15, 0.2) is 24.3 Å². The Morgan fingerprint density at radius 2 is 1.68 bits per heavy atom. The lowest BCUT2D eigenvalue weighted by Crippen LogP contribution is -2.43. The third-order valence-electron chi connectivity index (χ3n) is 4.18. The van der Waals surface area contributed by atoms with Crippen molar-refractivity contribution in [2.75, 3.05) is 0 Å². The van der Waals surface area contributed by atoms with Crippen molar-refractivity contribution in [3.63, 3.8) is 0 Å². The maximum Gasteiger partial charge on any atom is 0.534 e. The Kier molecular flexibility index (Phi) is 5.77. The van der Waals surface area contributed by atoms with Crippen molar-refractivity contribution in [1.29, 1.82) is 0 Å². The van der Waals surface area contributed by atoms with Crippen LogP contribution in [0.2, 0.25) is 0 Å². The van der Waals surface area contributed by atoms with Crippen LogP contribution in [-0.2, 0) is 19.6 Å². The minimum Gasteiger partial charge on any atom is -0.458 e. The predicted octanol–water partition coefficient (Wildman–Crippen LogP) is 4.48. The van der Waals surface area contributed by atoms with E-state index in [2.05, 4.69) is 4.18 Å². The first-order chi connectivity index (χ1) is 12.5. The zero-order chi connectivity index (χ0) is 21.5. The highest BCUT2D eigenvalue weighted by Crippen LogP contribution is 2.50. The monoisotopic (exact) mass is 426 g/mol. The molecule has 1 aromatic rings. The second kappa shape index (κ2) is 7.20. The summed E-state index contributed by atoms with van der Waals surface area (Å²) in [5.41, 5.74) is -8.82. The van der Waals surface area contributed by atoms with E-state index in [0.717, 1.165) is 19.1 Å². The number of hydrogen-bond donors (Lipinski definition) is 0. The van der Waals surface area contributed by atoms with Crippen LogP contribution in [0.3, 0.4) is 0 Å². The molecular weight excluding hydrogens is 404 g/mol. The summed E-state index contributed by atoms with van der Waals surface area (Å²) in [5.74, 6) is -2.94. The molecule has 0 unspecified atom stereocenters. The maximum absolute atomic E-state index is 15.5. The van der Waals surface area contributed by atoms with E-state index >= 15 is 4.39 Å². The minimum atomic E-state index is -5.86. The lowest BCUT2D eigenvalue weighted by atomic mass is 9.81. The molecule has 0 heterocycles. The van der Waals surface area contributed by atoms with Crippen LogP contribution in [0, 0.1) is 5.92 Å². The van der Waals surface area contributed by atoms with Crippen LogP contribution in [0.5, 0.6) is 5.75 Å². The predicted molar refractivity (Wildman–Crippen MR) is 92.9 cm³/mol. The van der Waals surface area contributed by atoms with Crippen molar-refractivity contribution >= 4 is 16.1 Å². The third kappa shape index (κ3) is 5.15. The normalized spacial score (nSPS) is 18.9. The molecule has 0 spiro atoms. The van der Waals surface area contributed by atoms with Gasteiger partial charge in [0.25, 0.3) is 0 Å². The first-order valence-electron chi connectivity index (χ1n) is 8.58. The van der Waals surface area contributed by atoms with Crippen LogP contribution in [0.4, 0.5) is 17.6 Å². The molecule has 1 fully saturated rings. The van der Waals surface area contributed by atoms with E-state index < -0.39 is 44.5 Å². The zero-order valence-corrected chi connectivity index (χ0v) is 16.7. The van der Waals surface area contributed by atoms with Gasteiger partial charge in [-0.2, -0.15) is 21.6 Å². The summed E-state index contributed by atoms with van der Waals surface area (Å²) in [6.07, 6.45) is 1.25. The summed E-state index contributed by atoms with van der Waals surface area (Å²) in [5, 5.41) is 0. The number of ether oxygens (including phenoxy) is 1. The second-order valence-corrected chi connectivity index (χ2v) is 9.49. The van der Waals surface area contributed by atoms with E-state index in [0.29, 0.717) is 12.8 Å². The number of halogens is 4. The van der Waals surface area contributed by atoms with E-state index in [1.54, 1.807) is 20.8 Å². The van der Waals surface area contributed by atoms with Gasteiger partial charge in [0, 0.05) is 5.92 Å². The van der Waals surface area contributed by atoms with Gasteiger partial charge < -0.3 is 8.92 Å². The molecule has 2 atom stereocenters. The van der Waals surface area contributed by atoms with E-state index in [-0.39, 0.29) is 11.5 Å². The van der Waals surface area contributed by atoms with E-state index in [1.165, 1.54) is 12.1 Å². The van der Waals surface area contributed by atoms with Crippen molar-refractivity contribution in [1.82, 2.24) is 0 Å². The van der Waals surface area contributed by atoms with E-state index in [1.807, 2.05) is 0 Å². The summed E-state index contributed by atoms with van der Waals surface area (Å²) < 4.78 is 84.8. The molecule has 158 valence electrons. The molecule has 10 heteroatoms. The van der Waals surface area contributed by atoms with Crippen LogP contribution in [0.1, 0.15) is 52.0 Å². The topological polar surface area (TPSA) is 69.7 Å². The smallest absolute Gasteiger partial charge is 0.458 e. The second-order valence-electron chi connectivity index (χ2n) is 7.95. The molecule has 0 N–H and O–H groups in total. The Labute approximate surface area is 161 Å². The fourth-order valence-corrected chi connectivity index (χ4v) is 3.35. The van der Waals surface area contributed by atoms with Gasteiger partial charge in [0.2, 0.25) is 5.67 Å². The first kappa shape index (κ1) is 22.4. The standard InChI is InChI=1S/C18H22F4O5S/c1-16(2,3)26-15(23)17(4,19)14(11-8-9-11)12-6-5-7-13(10-12)27-28(24,25)18(20,21)22/h5-7,10-11,14H,8-9H2,1-4H3/t14-,17+/m0/s1. The molecule has 0 aliphatic heterocycles. The van der Waals surface area contributed by atoms with Gasteiger partial charge in [0.1, 0.15) is 11.4 Å². The number of benzene rings is 1. The number of carbonyl (C=O) groups is 1. The molecule has 1 aliphatic carbocycles. The Morgan fingerprint density at radius 3 is 2.14 bits per heavy atom. The maximum atomic E-state index is 15.5. The van der Waals surface area contributed by atoms with Gasteiger partial charge in [-0.3, -0.25) is 0 Å². The molecule has 0 saturated heterocycles. The molecule has 5 nitrogen and oxygen atoms in total. The summed E-state index contributed by atoms with van der Waals surface area (Å²) in [4.78, 5) is 12.4. The van der Waals surface area contributed by atoms with Crippen molar-refractivity contribution in [3.8, 4) is 5.75 Å². The Balaban J connectivity index is 2.36. The van der Waals surface area contributed by atoms with E-state index in [4.69, 9.17) is 4.74 Å². The van der Waals surface area contributed by atoms with Crippen LogP contribution in [-0.4, -0.2) is 31.2 Å². The number of esters is 1. The van der Waals surface area contributed by atoms with Gasteiger partial charge in [-0.1, -0.05) is 12.1 Å². The molecule has 2 rings (SSSR count). The molecule has 0 radical (unpaired) electrons. The molecule has 0 aromatic heterocycles. The lowest BCUT2D eigenvalue weighted by molar-refractivity contribution is -0.170. The summed E-state index contributed by atoms with van der Waals surface area (Å²) in [6, 6.07) is 4.68. The van der Waals surface area contributed by atoms with Crippen molar-refractivity contribution in [3.05, 3.63) is 29.8 Å². The quantitative estimate of drug-likeness (QED) is 0.290. The highest BCUT2D eigenvalue weighted by Gasteiger charge is 2.52. The highest BCUT2D eigenvalue weighted by atomic mass is 32.2. The number of rotatable bonds is 6.